The first-order valence-corrected chi connectivity index (χ1v) is 8.61. The van der Waals surface area contributed by atoms with Crippen LogP contribution in [0, 0.1) is 11.8 Å². The third-order valence-corrected chi connectivity index (χ3v) is 4.81. The van der Waals surface area contributed by atoms with Crippen molar-refractivity contribution in [1.29, 1.82) is 0 Å². The van der Waals surface area contributed by atoms with Crippen LogP contribution in [0.5, 0.6) is 0 Å². The quantitative estimate of drug-likeness (QED) is 0.641. The minimum absolute atomic E-state index is 0. The monoisotopic (exact) mass is 388 g/mol. The first-order chi connectivity index (χ1) is 11.1. The van der Waals surface area contributed by atoms with Gasteiger partial charge in [0, 0.05) is 66.2 Å². The zero-order chi connectivity index (χ0) is 18.4. The van der Waals surface area contributed by atoms with Crippen molar-refractivity contribution in [3.8, 4) is 0 Å². The van der Waals surface area contributed by atoms with E-state index in [0.29, 0.717) is 11.8 Å². The zero-order valence-corrected chi connectivity index (χ0v) is 15.9. The molecule has 0 saturated carbocycles. The van der Waals surface area contributed by atoms with Crippen LogP contribution < -0.4 is 0 Å². The van der Waals surface area contributed by atoms with Gasteiger partial charge in [-0.15, -0.1) is 0 Å². The van der Waals surface area contributed by atoms with Crippen molar-refractivity contribution in [2.45, 2.75) is 49.0 Å². The van der Waals surface area contributed by atoms with Crippen LogP contribution in [0.1, 0.15) is 49.0 Å². The summed E-state index contributed by atoms with van der Waals surface area (Å²) in [6, 6.07) is 0.130. The molecular formula is C20H44N4O3. The van der Waals surface area contributed by atoms with E-state index in [9.17, 15) is 14.4 Å². The van der Waals surface area contributed by atoms with Gasteiger partial charge >= 0.3 is 6.03 Å². The number of carbonyl (C=O) groups is 3. The molecular weight excluding hydrogens is 344 g/mol. The van der Waals surface area contributed by atoms with E-state index in [1.54, 1.807) is 19.6 Å². The molecule has 0 aromatic heterocycles. The Bertz CT molecular complexity index is 368. The van der Waals surface area contributed by atoms with Gasteiger partial charge in [-0.3, -0.25) is 9.59 Å². The Morgan fingerprint density at radius 2 is 0.889 bits per heavy atom. The maximum atomic E-state index is 10.8. The van der Waals surface area contributed by atoms with Crippen molar-refractivity contribution in [3.05, 3.63) is 0 Å². The summed E-state index contributed by atoms with van der Waals surface area (Å²) in [6.07, 6.45) is 2.07. The Hall–Kier alpha value is -1.79. The predicted octanol–water partition coefficient (Wildman–Crippen LogP) is 2.86. The Morgan fingerprint density at radius 1 is 0.593 bits per heavy atom. The summed E-state index contributed by atoms with van der Waals surface area (Å²) < 4.78 is 0. The Balaban J connectivity index is -0.000000303. The van der Waals surface area contributed by atoms with E-state index in [1.807, 2.05) is 42.0 Å². The fourth-order valence-corrected chi connectivity index (χ4v) is 2.78. The predicted molar refractivity (Wildman–Crippen MR) is 114 cm³/mol. The summed E-state index contributed by atoms with van der Waals surface area (Å²) in [5.74, 6) is 1.15. The van der Waals surface area contributed by atoms with Gasteiger partial charge in [0.15, 0.2) is 0 Å². The van der Waals surface area contributed by atoms with Crippen molar-refractivity contribution in [2.24, 2.45) is 11.8 Å². The molecule has 0 aromatic rings. The van der Waals surface area contributed by atoms with Crippen LogP contribution in [0.3, 0.4) is 0 Å². The first-order valence-electron chi connectivity index (χ1n) is 8.61. The average molecular weight is 389 g/mol. The minimum atomic E-state index is 0. The highest BCUT2D eigenvalue weighted by atomic mass is 16.2. The van der Waals surface area contributed by atoms with E-state index >= 15 is 0 Å². The molecule has 3 aliphatic rings. The van der Waals surface area contributed by atoms with Gasteiger partial charge in [0.05, 0.1) is 0 Å². The normalized spacial score (nSPS) is 23.6. The summed E-state index contributed by atoms with van der Waals surface area (Å²) >= 11 is 0. The second-order valence-electron chi connectivity index (χ2n) is 7.02. The van der Waals surface area contributed by atoms with Crippen LogP contribution >= 0.6 is 0 Å². The number of rotatable bonds is 0. The highest BCUT2D eigenvalue weighted by molar-refractivity contribution is 5.80. The highest BCUT2D eigenvalue weighted by Gasteiger charge is 2.24. The molecule has 0 N–H and O–H groups in total. The smallest absolute Gasteiger partial charge is 0.319 e. The number of nitrogens with zero attached hydrogens (tertiary/aromatic N) is 4. The summed E-state index contributed by atoms with van der Waals surface area (Å²) in [5.41, 5.74) is 0. The Kier molecular flexibility index (Phi) is 14.9. The maximum absolute atomic E-state index is 10.8. The Morgan fingerprint density at radius 3 is 0.963 bits per heavy atom. The van der Waals surface area contributed by atoms with Crippen molar-refractivity contribution < 1.29 is 14.4 Å². The first kappa shape index (κ1) is 30.0. The molecule has 3 rings (SSSR count). The van der Waals surface area contributed by atoms with E-state index in [4.69, 9.17) is 0 Å². The van der Waals surface area contributed by atoms with Crippen molar-refractivity contribution in [1.82, 2.24) is 19.6 Å². The molecule has 27 heavy (non-hydrogen) atoms. The second kappa shape index (κ2) is 13.4. The molecule has 3 heterocycles. The van der Waals surface area contributed by atoms with Gasteiger partial charge in [0.1, 0.15) is 0 Å². The summed E-state index contributed by atoms with van der Waals surface area (Å²) in [6.45, 7) is 7.59. The standard InChI is InChI=1S/2C6H11NO.C5H10N2O.3CH4/c2*1-5-3-4-7(2)6(5)8;1-6-3-4-7(2)5(6)8;;;/h2*5H,3-4H2,1-2H3;3-4H2,1-2H3;3*1H4. The number of hydrogen-bond donors (Lipinski definition) is 0. The number of carbonyl (C=O) groups excluding carboxylic acids is 3. The topological polar surface area (TPSA) is 64.2 Å². The van der Waals surface area contributed by atoms with Crippen molar-refractivity contribution in [3.63, 3.8) is 0 Å². The number of amides is 4. The molecule has 4 amide bonds. The molecule has 3 saturated heterocycles. The lowest BCUT2D eigenvalue weighted by Crippen LogP contribution is -2.25. The molecule has 162 valence electrons. The van der Waals surface area contributed by atoms with Crippen molar-refractivity contribution >= 4 is 17.8 Å². The lowest BCUT2D eigenvalue weighted by atomic mass is 10.1. The van der Waals surface area contributed by atoms with Crippen LogP contribution in [-0.4, -0.2) is 91.8 Å². The fraction of sp³-hybridized carbons (Fsp3) is 0.850. The molecule has 7 heteroatoms. The van der Waals surface area contributed by atoms with Crippen LogP contribution in [0.2, 0.25) is 0 Å². The average Bonchev–Trinajstić information content (AvgIpc) is 3.13. The van der Waals surface area contributed by atoms with E-state index in [-0.39, 0.29) is 40.1 Å². The van der Waals surface area contributed by atoms with Crippen LogP contribution in [0.15, 0.2) is 0 Å². The second-order valence-corrected chi connectivity index (χ2v) is 7.02. The number of likely N-dealkylation sites (tertiary alicyclic amines) is 2. The molecule has 0 spiro atoms. The Labute approximate surface area is 167 Å². The molecule has 0 aliphatic carbocycles. The summed E-state index contributed by atoms with van der Waals surface area (Å²) in [5, 5.41) is 0. The third kappa shape index (κ3) is 8.63. The summed E-state index contributed by atoms with van der Waals surface area (Å²) in [7, 11) is 7.33. The molecule has 7 nitrogen and oxygen atoms in total. The lowest BCUT2D eigenvalue weighted by molar-refractivity contribution is -0.130. The summed E-state index contributed by atoms with van der Waals surface area (Å²) in [4.78, 5) is 39.4. The molecule has 0 radical (unpaired) electrons. The van der Waals surface area contributed by atoms with E-state index in [2.05, 4.69) is 0 Å². The van der Waals surface area contributed by atoms with Gasteiger partial charge in [-0.05, 0) is 12.8 Å². The van der Waals surface area contributed by atoms with Gasteiger partial charge < -0.3 is 19.6 Å². The van der Waals surface area contributed by atoms with Gasteiger partial charge in [0.25, 0.3) is 0 Å². The number of urea groups is 1. The van der Waals surface area contributed by atoms with Gasteiger partial charge in [0.2, 0.25) is 11.8 Å². The van der Waals surface area contributed by atoms with E-state index in [0.717, 1.165) is 39.0 Å². The van der Waals surface area contributed by atoms with Crippen LogP contribution in [0.25, 0.3) is 0 Å². The van der Waals surface area contributed by atoms with E-state index < -0.39 is 0 Å². The SMILES string of the molecule is C.C.C.CC1CCN(C)C1=O.CC1CCN(C)C1=O.CN1CCN(C)C1=O. The molecule has 3 fully saturated rings. The van der Waals surface area contributed by atoms with Gasteiger partial charge in [-0.1, -0.05) is 36.1 Å². The highest BCUT2D eigenvalue weighted by Crippen LogP contribution is 2.14. The van der Waals surface area contributed by atoms with Crippen LogP contribution in [-0.2, 0) is 9.59 Å². The van der Waals surface area contributed by atoms with Gasteiger partial charge in [-0.2, -0.15) is 0 Å². The molecule has 2 unspecified atom stereocenters. The lowest BCUT2D eigenvalue weighted by Gasteiger charge is -2.07. The zero-order valence-electron chi connectivity index (χ0n) is 15.9. The third-order valence-electron chi connectivity index (χ3n) is 4.81. The minimum Gasteiger partial charge on any atom is -0.346 e. The molecule has 0 bridgehead atoms. The largest absolute Gasteiger partial charge is 0.346 e. The number of likely N-dealkylation sites (N-methyl/N-ethyl adjacent to an activating group) is 2. The number of hydrogen-bond acceptors (Lipinski definition) is 3. The molecule has 2 atom stereocenters. The molecule has 3 aliphatic heterocycles. The van der Waals surface area contributed by atoms with Crippen LogP contribution in [0.4, 0.5) is 4.79 Å². The van der Waals surface area contributed by atoms with Gasteiger partial charge in [-0.25, -0.2) is 4.79 Å². The van der Waals surface area contributed by atoms with E-state index in [1.165, 1.54) is 0 Å². The van der Waals surface area contributed by atoms with Crippen molar-refractivity contribution in [2.75, 3.05) is 54.4 Å². The molecule has 0 aromatic carbocycles. The maximum Gasteiger partial charge on any atom is 0.319 e. The fourth-order valence-electron chi connectivity index (χ4n) is 2.78.